The quantitative estimate of drug-likeness (QED) is 0.115. The summed E-state index contributed by atoms with van der Waals surface area (Å²) in [6.45, 7) is 28.9. The zero-order valence-corrected chi connectivity index (χ0v) is 48.3. The van der Waals surface area contributed by atoms with E-state index in [0.717, 1.165) is 98.7 Å². The number of benzene rings is 7. The van der Waals surface area contributed by atoms with E-state index in [-0.39, 0.29) is 43.1 Å². The molecule has 0 aliphatic carbocycles. The summed E-state index contributed by atoms with van der Waals surface area (Å²) in [5.74, 6) is 0.942. The predicted molar refractivity (Wildman–Crippen MR) is 310 cm³/mol. The Morgan fingerprint density at radius 1 is 0.541 bits per heavy atom. The third kappa shape index (κ3) is 10.4. The summed E-state index contributed by atoms with van der Waals surface area (Å²) in [4.78, 5) is 13.2. The number of nitrogens with zero attached hydrogens (tertiary/aromatic N) is 5. The standard InChI is InChI=1S/C66H70N5OSi.Pt/c1-64(2,3)50-39-48(38-49(40-50)58-41-47(32-33-67-58)45-22-15-12-16-23-45)54-28-21-29-60-61(54)68-63(56-42-51(65(4,5)6)43-57(62(56)72)66(7,8)9)71(60)59-31-30-52(44-55(59)46-24-17-13-18-25-46)69-34-36-70(37-35-69)73(10,11)53-26-19-14-20-27-53;/h12-33,39-44,72H,34-37H2,1-11H3;/q-1;. The summed E-state index contributed by atoms with van der Waals surface area (Å²) in [5.41, 5.74) is 15.3. The van der Waals surface area contributed by atoms with Crippen LogP contribution < -0.4 is 10.1 Å². The van der Waals surface area contributed by atoms with E-state index < -0.39 is 8.24 Å². The van der Waals surface area contributed by atoms with E-state index in [1.807, 2.05) is 12.3 Å². The molecule has 0 radical (unpaired) electrons. The summed E-state index contributed by atoms with van der Waals surface area (Å²) < 4.78 is 5.07. The molecule has 0 unspecified atom stereocenters. The summed E-state index contributed by atoms with van der Waals surface area (Å²) in [5, 5.41) is 14.2. The van der Waals surface area contributed by atoms with Crippen LogP contribution in [0.15, 0.2) is 170 Å². The number of aromatic nitrogens is 3. The zero-order chi connectivity index (χ0) is 51.5. The average molecular weight is 1170 g/mol. The van der Waals surface area contributed by atoms with E-state index in [1.165, 1.54) is 16.4 Å². The van der Waals surface area contributed by atoms with E-state index >= 15 is 0 Å². The van der Waals surface area contributed by atoms with Gasteiger partial charge in [-0.15, -0.1) is 29.3 Å². The first-order chi connectivity index (χ1) is 34.8. The Hall–Kier alpha value is -6.37. The number of para-hydroxylation sites is 1. The van der Waals surface area contributed by atoms with Gasteiger partial charge < -0.3 is 14.6 Å². The Balaban J connectivity index is 0.00000672. The summed E-state index contributed by atoms with van der Waals surface area (Å²) >= 11 is 0. The van der Waals surface area contributed by atoms with Crippen molar-refractivity contribution in [3.63, 3.8) is 0 Å². The molecule has 0 atom stereocenters. The van der Waals surface area contributed by atoms with Crippen molar-refractivity contribution in [1.82, 2.24) is 19.1 Å². The third-order valence-corrected chi connectivity index (χ3v) is 18.9. The molecule has 1 saturated heterocycles. The second kappa shape index (κ2) is 20.4. The van der Waals surface area contributed by atoms with E-state index in [4.69, 9.17) is 9.97 Å². The van der Waals surface area contributed by atoms with Gasteiger partial charge in [0.1, 0.15) is 11.6 Å². The Morgan fingerprint density at radius 2 is 1.15 bits per heavy atom. The first kappa shape index (κ1) is 52.5. The number of hydrogen-bond donors (Lipinski definition) is 1. The van der Waals surface area contributed by atoms with Gasteiger partial charge in [-0.05, 0) is 80.1 Å². The minimum absolute atomic E-state index is 0. The molecule has 1 aliphatic heterocycles. The maximum Gasteiger partial charge on any atom is 0.154 e. The van der Waals surface area contributed by atoms with Crippen molar-refractivity contribution in [2.75, 3.05) is 31.1 Å². The maximum atomic E-state index is 12.7. The van der Waals surface area contributed by atoms with Crippen molar-refractivity contribution in [3.8, 4) is 67.5 Å². The van der Waals surface area contributed by atoms with Crippen LogP contribution in [0.4, 0.5) is 5.69 Å². The van der Waals surface area contributed by atoms with Gasteiger partial charge in [0.15, 0.2) is 8.24 Å². The Labute approximate surface area is 455 Å². The predicted octanol–water partition coefficient (Wildman–Crippen LogP) is 15.4. The minimum atomic E-state index is -1.83. The van der Waals surface area contributed by atoms with Crippen LogP contribution in [0, 0.1) is 6.07 Å². The Kier molecular flexibility index (Phi) is 14.5. The van der Waals surface area contributed by atoms with Crippen LogP contribution >= 0.6 is 0 Å². The molecular weight excluding hydrogens is 1100 g/mol. The van der Waals surface area contributed by atoms with Gasteiger partial charge in [-0.2, -0.15) is 0 Å². The van der Waals surface area contributed by atoms with Gasteiger partial charge in [0.05, 0.1) is 22.3 Å². The fraction of sp³-hybridized carbons (Fsp3) is 0.273. The molecule has 1 fully saturated rings. The second-order valence-corrected chi connectivity index (χ2v) is 27.9. The smallest absolute Gasteiger partial charge is 0.154 e. The van der Waals surface area contributed by atoms with Crippen molar-refractivity contribution in [2.45, 2.75) is 91.7 Å². The van der Waals surface area contributed by atoms with Gasteiger partial charge in [0.2, 0.25) is 0 Å². The van der Waals surface area contributed by atoms with Crippen molar-refractivity contribution in [1.29, 1.82) is 0 Å². The number of aromatic hydroxyl groups is 1. The van der Waals surface area contributed by atoms with Crippen LogP contribution in [0.25, 0.3) is 72.7 Å². The number of piperazine rings is 1. The number of phenolic OH excluding ortho intramolecular Hbond substituents is 1. The fourth-order valence-corrected chi connectivity index (χ4v) is 13.2. The molecule has 0 spiro atoms. The van der Waals surface area contributed by atoms with Crippen molar-refractivity contribution >= 4 is 30.1 Å². The molecule has 1 aliphatic rings. The zero-order valence-electron chi connectivity index (χ0n) is 45.0. The molecule has 1 N–H and O–H groups in total. The summed E-state index contributed by atoms with van der Waals surface area (Å²) in [7, 11) is -1.83. The van der Waals surface area contributed by atoms with Gasteiger partial charge in [-0.1, -0.05) is 202 Å². The first-order valence-corrected chi connectivity index (χ1v) is 29.0. The van der Waals surface area contributed by atoms with Crippen LogP contribution in [0.1, 0.15) is 79.0 Å². The molecule has 8 heteroatoms. The molecule has 0 bridgehead atoms. The maximum absolute atomic E-state index is 12.7. The van der Waals surface area contributed by atoms with Gasteiger partial charge in [0.25, 0.3) is 0 Å². The van der Waals surface area contributed by atoms with Crippen molar-refractivity contribution in [3.05, 3.63) is 193 Å². The molecule has 74 heavy (non-hydrogen) atoms. The third-order valence-electron chi connectivity index (χ3n) is 15.1. The number of anilines is 1. The molecule has 2 aromatic heterocycles. The molecule has 3 heterocycles. The molecule has 6 nitrogen and oxygen atoms in total. The van der Waals surface area contributed by atoms with Crippen LogP contribution in [0.5, 0.6) is 5.75 Å². The van der Waals surface area contributed by atoms with E-state index in [9.17, 15) is 5.11 Å². The summed E-state index contributed by atoms with van der Waals surface area (Å²) in [6, 6.07) is 62.8. The van der Waals surface area contributed by atoms with E-state index in [2.05, 4.69) is 253 Å². The monoisotopic (exact) mass is 1170 g/mol. The molecule has 7 aromatic carbocycles. The van der Waals surface area contributed by atoms with Gasteiger partial charge >= 0.3 is 0 Å². The van der Waals surface area contributed by atoms with Crippen molar-refractivity contribution < 1.29 is 26.2 Å². The van der Waals surface area contributed by atoms with Gasteiger partial charge in [0, 0.05) is 75.9 Å². The van der Waals surface area contributed by atoms with Crippen LogP contribution in [0.2, 0.25) is 13.1 Å². The molecule has 0 saturated carbocycles. The number of pyridine rings is 1. The average Bonchev–Trinajstić information content (AvgIpc) is 3.78. The fourth-order valence-electron chi connectivity index (χ4n) is 10.5. The van der Waals surface area contributed by atoms with Crippen LogP contribution in [-0.2, 0) is 37.3 Å². The van der Waals surface area contributed by atoms with Crippen LogP contribution in [0.3, 0.4) is 0 Å². The number of rotatable bonds is 9. The molecule has 0 amide bonds. The first-order valence-electron chi connectivity index (χ1n) is 26.0. The number of phenols is 1. The number of imidazole rings is 1. The van der Waals surface area contributed by atoms with Gasteiger partial charge in [-0.25, -0.2) is 4.98 Å². The Bertz CT molecular complexity index is 3450. The number of fused-ring (bicyclic) bond motifs is 1. The Morgan fingerprint density at radius 3 is 1.78 bits per heavy atom. The van der Waals surface area contributed by atoms with E-state index in [0.29, 0.717) is 11.4 Å². The normalized spacial score (nSPS) is 13.8. The molecule has 380 valence electrons. The minimum Gasteiger partial charge on any atom is -0.507 e. The SMILES string of the molecule is CC(C)(C)c1cc(-c2cc(-c3ccccc3)ccn2)[c-]c(-c2cccc3c2nc(-c2cc(C(C)(C)C)cc(C(C)(C)C)c2O)n3-c2ccc(N3CCN([Si](C)(C)c4ccccc4)CC3)cc2-c2ccccc2)c1.[Pt]. The van der Waals surface area contributed by atoms with Gasteiger partial charge in [-0.3, -0.25) is 9.55 Å². The molecule has 10 rings (SSSR count). The molecule has 9 aromatic rings. The second-order valence-electron chi connectivity index (χ2n) is 23.6. The number of hydrogen-bond acceptors (Lipinski definition) is 5. The molecular formula is C66H70N5OPtSi-. The topological polar surface area (TPSA) is 57.4 Å². The summed E-state index contributed by atoms with van der Waals surface area (Å²) in [6.07, 6.45) is 1.90. The van der Waals surface area contributed by atoms with Crippen molar-refractivity contribution in [2.24, 2.45) is 0 Å². The van der Waals surface area contributed by atoms with Crippen LogP contribution in [-0.4, -0.2) is 58.6 Å². The van der Waals surface area contributed by atoms with E-state index in [1.54, 1.807) is 0 Å². The largest absolute Gasteiger partial charge is 0.507 e.